The number of aliphatic hydroxyl groups is 1. The number of halogens is 1. The van der Waals surface area contributed by atoms with Crippen LogP contribution in [-0.2, 0) is 9.53 Å². The van der Waals surface area contributed by atoms with Crippen molar-refractivity contribution in [1.29, 1.82) is 0 Å². The number of carbonyl (C=O) groups excluding carboxylic acids is 1. The van der Waals surface area contributed by atoms with E-state index in [-0.39, 0.29) is 34.3 Å². The van der Waals surface area contributed by atoms with Crippen molar-refractivity contribution in [2.45, 2.75) is 13.8 Å². The van der Waals surface area contributed by atoms with Gasteiger partial charge in [-0.15, -0.1) is 5.11 Å². The second-order valence-electron chi connectivity index (χ2n) is 3.82. The lowest BCUT2D eigenvalue weighted by Gasteiger charge is -2.02. The summed E-state index contributed by atoms with van der Waals surface area (Å²) < 4.78 is 4.71. The minimum atomic E-state index is -1.21. The molecule has 0 saturated carbocycles. The monoisotopic (exact) mass is 312 g/mol. The van der Waals surface area contributed by atoms with E-state index >= 15 is 0 Å². The number of carboxylic acid groups (broad SMARTS) is 1. The van der Waals surface area contributed by atoms with Crippen LogP contribution in [0.1, 0.15) is 24.2 Å². The van der Waals surface area contributed by atoms with Crippen molar-refractivity contribution in [1.82, 2.24) is 0 Å². The summed E-state index contributed by atoms with van der Waals surface area (Å²) in [4.78, 5) is 22.5. The highest BCUT2D eigenvalue weighted by Crippen LogP contribution is 2.23. The molecule has 0 fully saturated rings. The molecule has 0 unspecified atom stereocenters. The zero-order valence-corrected chi connectivity index (χ0v) is 12.1. The van der Waals surface area contributed by atoms with Gasteiger partial charge in [0, 0.05) is 0 Å². The maximum absolute atomic E-state index is 11.5. The summed E-state index contributed by atoms with van der Waals surface area (Å²) in [6.07, 6.45) is 0. The first kappa shape index (κ1) is 16.6. The van der Waals surface area contributed by atoms with Crippen molar-refractivity contribution >= 4 is 29.2 Å². The molecule has 1 rings (SSSR count). The van der Waals surface area contributed by atoms with Crippen molar-refractivity contribution in [3.05, 3.63) is 40.2 Å². The smallest absolute Gasteiger partial charge is 0.362 e. The average Bonchev–Trinajstić information content (AvgIpc) is 2.40. The lowest BCUT2D eigenvalue weighted by Crippen LogP contribution is -2.07. The second kappa shape index (κ2) is 7.39. The van der Waals surface area contributed by atoms with E-state index in [0.717, 1.165) is 0 Å². The minimum absolute atomic E-state index is 0.0564. The van der Waals surface area contributed by atoms with Crippen LogP contribution in [-0.4, -0.2) is 28.8 Å². The Hall–Kier alpha value is -2.41. The number of hydrogen-bond donors (Lipinski definition) is 2. The minimum Gasteiger partial charge on any atom is -0.510 e. The number of ether oxygens (including phenoxy) is 1. The SMILES string of the molecule is CCOC(=O)/C(N=Nc1ccc(Cl)c(C(=O)O)c1)=C(/C)O. The molecule has 0 bridgehead atoms. The fourth-order valence-electron chi connectivity index (χ4n) is 1.31. The maximum atomic E-state index is 11.5. The average molecular weight is 313 g/mol. The van der Waals surface area contributed by atoms with E-state index in [4.69, 9.17) is 21.4 Å². The van der Waals surface area contributed by atoms with Gasteiger partial charge >= 0.3 is 11.9 Å². The van der Waals surface area contributed by atoms with Crippen molar-refractivity contribution in [2.75, 3.05) is 6.61 Å². The highest BCUT2D eigenvalue weighted by atomic mass is 35.5. The first-order chi connectivity index (χ1) is 9.86. The number of carboxylic acids is 1. The van der Waals surface area contributed by atoms with Gasteiger partial charge in [-0.05, 0) is 32.0 Å². The Morgan fingerprint density at radius 2 is 2.00 bits per heavy atom. The number of esters is 1. The van der Waals surface area contributed by atoms with Crippen molar-refractivity contribution < 1.29 is 24.5 Å². The number of aromatic carboxylic acids is 1. The van der Waals surface area contributed by atoms with Crippen LogP contribution in [0.15, 0.2) is 39.9 Å². The van der Waals surface area contributed by atoms with E-state index in [1.165, 1.54) is 25.1 Å². The van der Waals surface area contributed by atoms with Crippen molar-refractivity contribution in [3.63, 3.8) is 0 Å². The first-order valence-electron chi connectivity index (χ1n) is 5.88. The summed E-state index contributed by atoms with van der Waals surface area (Å²) in [6, 6.07) is 3.97. The van der Waals surface area contributed by atoms with Gasteiger partial charge in [-0.2, -0.15) is 5.11 Å². The molecule has 7 nitrogen and oxygen atoms in total. The molecule has 0 spiro atoms. The van der Waals surface area contributed by atoms with Crippen LogP contribution in [0.5, 0.6) is 0 Å². The van der Waals surface area contributed by atoms with Crippen LogP contribution in [0.3, 0.4) is 0 Å². The third kappa shape index (κ3) is 4.57. The van der Waals surface area contributed by atoms with Crippen LogP contribution in [0, 0.1) is 0 Å². The van der Waals surface area contributed by atoms with E-state index in [1.807, 2.05) is 0 Å². The van der Waals surface area contributed by atoms with E-state index in [9.17, 15) is 14.7 Å². The maximum Gasteiger partial charge on any atom is 0.362 e. The number of carbonyl (C=O) groups is 2. The normalized spacial score (nSPS) is 12.1. The summed E-state index contributed by atoms with van der Waals surface area (Å²) >= 11 is 5.72. The van der Waals surface area contributed by atoms with Gasteiger partial charge in [-0.1, -0.05) is 11.6 Å². The predicted molar refractivity (Wildman–Crippen MR) is 74.9 cm³/mol. The standard InChI is InChI=1S/C13H13ClN2O5/c1-3-21-13(20)11(7(2)17)16-15-8-4-5-10(14)9(6-8)12(18)19/h4-6,17H,3H2,1-2H3,(H,18,19)/b11-7+,16-15?. The zero-order chi connectivity index (χ0) is 16.0. The Kier molecular flexibility index (Phi) is 5.86. The molecule has 21 heavy (non-hydrogen) atoms. The third-order valence-corrected chi connectivity index (χ3v) is 2.59. The van der Waals surface area contributed by atoms with Gasteiger partial charge in [-0.3, -0.25) is 0 Å². The van der Waals surface area contributed by atoms with Gasteiger partial charge in [0.15, 0.2) is 0 Å². The van der Waals surface area contributed by atoms with Crippen molar-refractivity contribution in [2.24, 2.45) is 10.2 Å². The molecule has 0 heterocycles. The van der Waals surface area contributed by atoms with Gasteiger partial charge in [0.2, 0.25) is 5.70 Å². The number of benzene rings is 1. The molecule has 0 aliphatic heterocycles. The Morgan fingerprint density at radius 1 is 1.33 bits per heavy atom. The number of allylic oxidation sites excluding steroid dienone is 1. The molecule has 0 radical (unpaired) electrons. The predicted octanol–water partition coefficient (Wildman–Crippen LogP) is 3.47. The molecule has 112 valence electrons. The van der Waals surface area contributed by atoms with Gasteiger partial charge in [0.25, 0.3) is 0 Å². The van der Waals surface area contributed by atoms with Crippen LogP contribution in [0.2, 0.25) is 5.02 Å². The van der Waals surface area contributed by atoms with Crippen LogP contribution in [0.4, 0.5) is 5.69 Å². The topological polar surface area (TPSA) is 109 Å². The largest absolute Gasteiger partial charge is 0.510 e. The van der Waals surface area contributed by atoms with Crippen LogP contribution >= 0.6 is 11.6 Å². The fraction of sp³-hybridized carbons (Fsp3) is 0.231. The number of rotatable bonds is 5. The van der Waals surface area contributed by atoms with Crippen molar-refractivity contribution in [3.8, 4) is 0 Å². The van der Waals surface area contributed by atoms with Gasteiger partial charge < -0.3 is 14.9 Å². The Bertz CT molecular complexity index is 621. The molecule has 0 aliphatic carbocycles. The van der Waals surface area contributed by atoms with E-state index in [0.29, 0.717) is 0 Å². The molecule has 0 amide bonds. The van der Waals surface area contributed by atoms with Gasteiger partial charge in [-0.25, -0.2) is 9.59 Å². The molecule has 1 aromatic carbocycles. The third-order valence-electron chi connectivity index (χ3n) is 2.26. The molecule has 0 atom stereocenters. The Balaban J connectivity index is 3.08. The molecular formula is C13H13ClN2O5. The summed E-state index contributed by atoms with van der Waals surface area (Å²) in [5.41, 5.74) is -0.334. The first-order valence-corrected chi connectivity index (χ1v) is 6.26. The summed E-state index contributed by atoms with van der Waals surface area (Å²) in [7, 11) is 0. The number of aliphatic hydroxyl groups excluding tert-OH is 1. The number of nitrogens with zero attached hydrogens (tertiary/aromatic N) is 2. The number of hydrogen-bond acceptors (Lipinski definition) is 6. The van der Waals surface area contributed by atoms with Crippen LogP contribution in [0.25, 0.3) is 0 Å². The van der Waals surface area contributed by atoms with E-state index < -0.39 is 11.9 Å². The quantitative estimate of drug-likeness (QED) is 0.374. The molecule has 2 N–H and O–H groups in total. The fourth-order valence-corrected chi connectivity index (χ4v) is 1.51. The van der Waals surface area contributed by atoms with Gasteiger partial charge in [0.05, 0.1) is 22.9 Å². The van der Waals surface area contributed by atoms with Crippen LogP contribution < -0.4 is 0 Å². The van der Waals surface area contributed by atoms with Gasteiger partial charge in [0.1, 0.15) is 5.76 Å². The summed E-state index contributed by atoms with van der Waals surface area (Å²) in [5, 5.41) is 25.7. The molecule has 0 aliphatic rings. The van der Waals surface area contributed by atoms with E-state index in [2.05, 4.69) is 10.2 Å². The number of azo groups is 1. The summed E-state index contributed by atoms with van der Waals surface area (Å²) in [6.45, 7) is 2.99. The summed E-state index contributed by atoms with van der Waals surface area (Å²) in [5.74, 6) is -2.39. The molecule has 0 saturated heterocycles. The molecular weight excluding hydrogens is 300 g/mol. The highest BCUT2D eigenvalue weighted by molar-refractivity contribution is 6.33. The molecule has 1 aromatic rings. The molecule has 8 heteroatoms. The zero-order valence-electron chi connectivity index (χ0n) is 11.3. The van der Waals surface area contributed by atoms with E-state index in [1.54, 1.807) is 6.92 Å². The lowest BCUT2D eigenvalue weighted by molar-refractivity contribution is -0.138. The second-order valence-corrected chi connectivity index (χ2v) is 4.23. The molecule has 0 aromatic heterocycles. The Labute approximate surface area is 125 Å². The lowest BCUT2D eigenvalue weighted by atomic mass is 10.2. The highest BCUT2D eigenvalue weighted by Gasteiger charge is 2.14. The Morgan fingerprint density at radius 3 is 2.52 bits per heavy atom.